The summed E-state index contributed by atoms with van der Waals surface area (Å²) in [6.07, 6.45) is -3.25. The number of ketones is 1. The number of halogens is 4. The van der Waals surface area contributed by atoms with Gasteiger partial charge in [-0.1, -0.05) is 0 Å². The van der Waals surface area contributed by atoms with Gasteiger partial charge in [-0.3, -0.25) is 9.89 Å². The van der Waals surface area contributed by atoms with E-state index in [1.54, 1.807) is 24.3 Å². The average molecular weight is 388 g/mol. The zero-order valence-electron chi connectivity index (χ0n) is 14.1. The largest absolute Gasteiger partial charge is 0.432 e. The number of hydrogen-bond acceptors (Lipinski definition) is 3. The maximum absolute atomic E-state index is 13.1. The maximum atomic E-state index is 13.1. The number of aromatic nitrogens is 4. The molecule has 0 unspecified atom stereocenters. The molecule has 0 aliphatic heterocycles. The highest BCUT2D eigenvalue weighted by Crippen LogP contribution is 2.28. The van der Waals surface area contributed by atoms with Crippen molar-refractivity contribution in [1.82, 2.24) is 20.2 Å². The molecule has 28 heavy (non-hydrogen) atoms. The summed E-state index contributed by atoms with van der Waals surface area (Å²) in [6, 6.07) is 10.2. The molecule has 142 valence electrons. The van der Waals surface area contributed by atoms with Gasteiger partial charge in [0.2, 0.25) is 0 Å². The van der Waals surface area contributed by atoms with Gasteiger partial charge in [-0.2, -0.15) is 18.3 Å². The third kappa shape index (κ3) is 3.51. The lowest BCUT2D eigenvalue weighted by Gasteiger charge is -2.00. The van der Waals surface area contributed by atoms with Gasteiger partial charge in [-0.25, -0.2) is 9.37 Å². The van der Waals surface area contributed by atoms with E-state index >= 15 is 0 Å². The maximum Gasteiger partial charge on any atom is 0.432 e. The van der Waals surface area contributed by atoms with E-state index in [0.717, 1.165) is 16.6 Å². The Balaban J connectivity index is 1.57. The Bertz CT molecular complexity index is 1160. The number of carbonyl (C=O) groups is 1. The summed E-state index contributed by atoms with van der Waals surface area (Å²) in [6.45, 7) is 0. The number of hydrogen-bond donors (Lipinski definition) is 2. The summed E-state index contributed by atoms with van der Waals surface area (Å²) in [5, 5.41) is 5.99. The van der Waals surface area contributed by atoms with Gasteiger partial charge in [-0.15, -0.1) is 0 Å². The zero-order valence-corrected chi connectivity index (χ0v) is 14.1. The van der Waals surface area contributed by atoms with Gasteiger partial charge in [0.25, 0.3) is 0 Å². The predicted molar refractivity (Wildman–Crippen MR) is 93.1 cm³/mol. The number of alkyl halides is 3. The van der Waals surface area contributed by atoms with Crippen LogP contribution in [0.4, 0.5) is 17.6 Å². The Morgan fingerprint density at radius 2 is 1.82 bits per heavy atom. The summed E-state index contributed by atoms with van der Waals surface area (Å²) in [7, 11) is 0. The highest BCUT2D eigenvalue weighted by atomic mass is 19.4. The van der Waals surface area contributed by atoms with Crippen molar-refractivity contribution in [3.05, 3.63) is 71.4 Å². The lowest BCUT2D eigenvalue weighted by Crippen LogP contribution is -2.05. The molecule has 0 aliphatic carbocycles. The molecule has 4 aromatic rings. The minimum atomic E-state index is -4.59. The molecule has 1 aromatic carbocycles. The van der Waals surface area contributed by atoms with Crippen LogP contribution in [0.2, 0.25) is 0 Å². The highest BCUT2D eigenvalue weighted by Gasteiger charge is 2.33. The monoisotopic (exact) mass is 388 g/mol. The molecule has 0 spiro atoms. The molecule has 9 heteroatoms. The van der Waals surface area contributed by atoms with Crippen molar-refractivity contribution in [1.29, 1.82) is 0 Å². The van der Waals surface area contributed by atoms with Crippen LogP contribution < -0.4 is 0 Å². The van der Waals surface area contributed by atoms with Crippen molar-refractivity contribution in [2.24, 2.45) is 0 Å². The molecular weight excluding hydrogens is 376 g/mol. The third-order valence-electron chi connectivity index (χ3n) is 4.22. The van der Waals surface area contributed by atoms with Gasteiger partial charge in [0, 0.05) is 23.7 Å². The molecule has 3 heterocycles. The lowest BCUT2D eigenvalue weighted by atomic mass is 10.1. The molecule has 0 bridgehead atoms. The first-order valence-corrected chi connectivity index (χ1v) is 8.19. The van der Waals surface area contributed by atoms with E-state index < -0.39 is 17.7 Å². The molecule has 2 N–H and O–H groups in total. The van der Waals surface area contributed by atoms with Crippen LogP contribution in [0.1, 0.15) is 21.7 Å². The molecule has 0 radical (unpaired) electrons. The molecule has 0 aliphatic rings. The average Bonchev–Trinajstić information content (AvgIpc) is 3.29. The number of nitrogens with zero attached hydrogens (tertiary/aromatic N) is 2. The van der Waals surface area contributed by atoms with E-state index in [-0.39, 0.29) is 17.9 Å². The van der Waals surface area contributed by atoms with Crippen LogP contribution in [0.3, 0.4) is 0 Å². The highest BCUT2D eigenvalue weighted by molar-refractivity contribution is 5.96. The van der Waals surface area contributed by atoms with Crippen LogP contribution in [-0.2, 0) is 12.6 Å². The van der Waals surface area contributed by atoms with Gasteiger partial charge in [0.1, 0.15) is 22.9 Å². The van der Waals surface area contributed by atoms with Crippen LogP contribution in [0.5, 0.6) is 0 Å². The van der Waals surface area contributed by atoms with Crippen LogP contribution in [0.25, 0.3) is 22.3 Å². The van der Waals surface area contributed by atoms with Gasteiger partial charge in [-0.05, 0) is 53.6 Å². The number of pyridine rings is 1. The first-order chi connectivity index (χ1) is 13.3. The Labute approximate surface area is 155 Å². The molecule has 0 atom stereocenters. The summed E-state index contributed by atoms with van der Waals surface area (Å²) >= 11 is 0. The van der Waals surface area contributed by atoms with Crippen molar-refractivity contribution in [2.45, 2.75) is 12.6 Å². The zero-order chi connectivity index (χ0) is 19.9. The van der Waals surface area contributed by atoms with Gasteiger partial charge >= 0.3 is 6.18 Å². The second-order valence-electron chi connectivity index (χ2n) is 6.24. The number of Topliss-reactive ketones (excluding diaryl/α,β-unsaturated/α-hetero) is 1. The Morgan fingerprint density at radius 1 is 1.07 bits per heavy atom. The smallest absolute Gasteiger partial charge is 0.339 e. The number of fused-ring (bicyclic) bond motifs is 1. The van der Waals surface area contributed by atoms with Gasteiger partial charge < -0.3 is 4.98 Å². The van der Waals surface area contributed by atoms with Crippen molar-refractivity contribution < 1.29 is 22.4 Å². The van der Waals surface area contributed by atoms with Crippen LogP contribution in [0, 0.1) is 5.82 Å². The lowest BCUT2D eigenvalue weighted by molar-refractivity contribution is -0.141. The summed E-state index contributed by atoms with van der Waals surface area (Å²) in [5.41, 5.74) is 1.27. The summed E-state index contributed by atoms with van der Waals surface area (Å²) in [4.78, 5) is 19.6. The molecule has 0 saturated carbocycles. The Kier molecular flexibility index (Phi) is 4.21. The third-order valence-corrected chi connectivity index (χ3v) is 4.22. The predicted octanol–water partition coefficient (Wildman–Crippen LogP) is 4.54. The first-order valence-electron chi connectivity index (χ1n) is 8.19. The van der Waals surface area contributed by atoms with Crippen molar-refractivity contribution in [3.63, 3.8) is 0 Å². The first kappa shape index (κ1) is 17.9. The van der Waals surface area contributed by atoms with E-state index in [1.165, 1.54) is 18.3 Å². The topological polar surface area (TPSA) is 74.4 Å². The van der Waals surface area contributed by atoms with Crippen molar-refractivity contribution in [2.75, 3.05) is 0 Å². The van der Waals surface area contributed by atoms with E-state index in [2.05, 4.69) is 15.1 Å². The second-order valence-corrected chi connectivity index (χ2v) is 6.24. The van der Waals surface area contributed by atoms with Gasteiger partial charge in [0.05, 0.1) is 0 Å². The summed E-state index contributed by atoms with van der Waals surface area (Å²) < 4.78 is 50.9. The molecule has 0 amide bonds. The molecule has 0 saturated heterocycles. The van der Waals surface area contributed by atoms with E-state index in [0.29, 0.717) is 17.3 Å². The van der Waals surface area contributed by atoms with Crippen molar-refractivity contribution in [3.8, 4) is 11.3 Å². The van der Waals surface area contributed by atoms with E-state index in [4.69, 9.17) is 0 Å². The molecular formula is C19H12F4N4O. The molecule has 4 rings (SSSR count). The quantitative estimate of drug-likeness (QED) is 0.398. The summed E-state index contributed by atoms with van der Waals surface area (Å²) in [5.74, 6) is -0.895. The molecule has 5 nitrogen and oxygen atoms in total. The SMILES string of the molecule is O=C(Cc1cnc2[nH]c(-c3ccc(F)cc3)cc2c1)c1cc(C(F)(F)F)[nH]n1. The standard InChI is InChI=1S/C19H12F4N4O/c20-13-3-1-11(2-4-13)14-7-12-5-10(9-24-18(12)25-14)6-16(28)15-8-17(27-26-15)19(21,22)23/h1-5,7-9H,6H2,(H,24,25)(H,26,27). The van der Waals surface area contributed by atoms with Crippen LogP contribution >= 0.6 is 0 Å². The van der Waals surface area contributed by atoms with E-state index in [1.807, 2.05) is 5.10 Å². The van der Waals surface area contributed by atoms with Crippen LogP contribution in [-0.4, -0.2) is 25.9 Å². The number of carbonyl (C=O) groups excluding carboxylic acids is 1. The van der Waals surface area contributed by atoms with Gasteiger partial charge in [0.15, 0.2) is 5.78 Å². The fourth-order valence-electron chi connectivity index (χ4n) is 2.83. The van der Waals surface area contributed by atoms with Crippen molar-refractivity contribution >= 4 is 16.8 Å². The number of rotatable bonds is 4. The minimum absolute atomic E-state index is 0.137. The Morgan fingerprint density at radius 3 is 2.50 bits per heavy atom. The number of benzene rings is 1. The van der Waals surface area contributed by atoms with E-state index in [9.17, 15) is 22.4 Å². The number of nitrogens with one attached hydrogen (secondary N) is 2. The number of aromatic amines is 2. The molecule has 3 aromatic heterocycles. The fourth-order valence-corrected chi connectivity index (χ4v) is 2.83. The van der Waals surface area contributed by atoms with Crippen LogP contribution in [0.15, 0.2) is 48.7 Å². The normalized spacial score (nSPS) is 11.9. The minimum Gasteiger partial charge on any atom is -0.339 e. The fraction of sp³-hybridized carbons (Fsp3) is 0.105. The number of H-pyrrole nitrogens is 2. The second kappa shape index (κ2) is 6.59. The molecule has 0 fully saturated rings. The Hall–Kier alpha value is -3.49.